The van der Waals surface area contributed by atoms with E-state index in [-0.39, 0.29) is 24.1 Å². The predicted molar refractivity (Wildman–Crippen MR) is 135 cm³/mol. The van der Waals surface area contributed by atoms with Gasteiger partial charge in [-0.25, -0.2) is 4.98 Å². The first-order chi connectivity index (χ1) is 16.5. The molecule has 0 saturated carbocycles. The summed E-state index contributed by atoms with van der Waals surface area (Å²) < 4.78 is 2.12. The van der Waals surface area contributed by atoms with Gasteiger partial charge in [0.05, 0.1) is 23.0 Å². The first kappa shape index (κ1) is 21.6. The van der Waals surface area contributed by atoms with Crippen LogP contribution in [-0.2, 0) is 13.1 Å². The fraction of sp³-hybridized carbons (Fsp3) is 0.179. The standard InChI is InChI=1S/C28H26N4O2/c1-19(2)32(18-26-29-24-14-8-6-13-22(24)27(33)30-26)28(34)23-17-31(16-20-10-4-3-5-11-20)25-15-9-7-12-21(23)25/h3-15,17,19H,16,18H2,1-2H3,(H,29,30,33). The predicted octanol–water partition coefficient (Wildman–Crippen LogP) is 4.98. The van der Waals surface area contributed by atoms with Crippen molar-refractivity contribution in [3.05, 3.63) is 112 Å². The highest BCUT2D eigenvalue weighted by molar-refractivity contribution is 6.07. The van der Waals surface area contributed by atoms with Gasteiger partial charge in [0.15, 0.2) is 0 Å². The fourth-order valence-corrected chi connectivity index (χ4v) is 4.34. The Morgan fingerprint density at radius 1 is 0.941 bits per heavy atom. The van der Waals surface area contributed by atoms with Crippen molar-refractivity contribution in [1.82, 2.24) is 19.4 Å². The average Bonchev–Trinajstić information content (AvgIpc) is 3.21. The lowest BCUT2D eigenvalue weighted by atomic mass is 10.1. The second-order valence-corrected chi connectivity index (χ2v) is 8.73. The van der Waals surface area contributed by atoms with E-state index < -0.39 is 0 Å². The Hall–Kier alpha value is -4.19. The molecular formula is C28H26N4O2. The molecule has 1 N–H and O–H groups in total. The smallest absolute Gasteiger partial charge is 0.258 e. The number of carbonyl (C=O) groups excluding carboxylic acids is 1. The summed E-state index contributed by atoms with van der Waals surface area (Å²) in [6.07, 6.45) is 1.94. The molecule has 0 aliphatic carbocycles. The van der Waals surface area contributed by atoms with Crippen LogP contribution in [0.2, 0.25) is 0 Å². The van der Waals surface area contributed by atoms with Crippen LogP contribution >= 0.6 is 0 Å². The van der Waals surface area contributed by atoms with E-state index in [1.54, 1.807) is 11.0 Å². The van der Waals surface area contributed by atoms with Crippen molar-refractivity contribution >= 4 is 27.7 Å². The molecule has 0 aliphatic rings. The Morgan fingerprint density at radius 2 is 1.62 bits per heavy atom. The summed E-state index contributed by atoms with van der Waals surface area (Å²) in [6, 6.07) is 25.3. The van der Waals surface area contributed by atoms with Gasteiger partial charge in [-0.15, -0.1) is 0 Å². The van der Waals surface area contributed by atoms with Crippen LogP contribution in [-0.4, -0.2) is 31.4 Å². The quantitative estimate of drug-likeness (QED) is 0.397. The average molecular weight is 451 g/mol. The van der Waals surface area contributed by atoms with Gasteiger partial charge in [-0.3, -0.25) is 9.59 Å². The van der Waals surface area contributed by atoms with Crippen LogP contribution < -0.4 is 5.56 Å². The number of amides is 1. The number of fused-ring (bicyclic) bond motifs is 2. The number of H-pyrrole nitrogens is 1. The lowest BCUT2D eigenvalue weighted by Gasteiger charge is -2.26. The number of hydrogen-bond donors (Lipinski definition) is 1. The first-order valence-corrected chi connectivity index (χ1v) is 11.4. The number of aromatic nitrogens is 3. The van der Waals surface area contributed by atoms with Crippen molar-refractivity contribution in [2.75, 3.05) is 0 Å². The number of hydrogen-bond acceptors (Lipinski definition) is 3. The first-order valence-electron chi connectivity index (χ1n) is 11.4. The molecule has 0 aliphatic heterocycles. The number of rotatable bonds is 6. The molecule has 5 aromatic rings. The van der Waals surface area contributed by atoms with Crippen molar-refractivity contribution in [3.8, 4) is 0 Å². The third-order valence-electron chi connectivity index (χ3n) is 6.08. The number of aromatic amines is 1. The topological polar surface area (TPSA) is 71.0 Å². The maximum Gasteiger partial charge on any atom is 0.258 e. The number of nitrogens with zero attached hydrogens (tertiary/aromatic N) is 3. The minimum absolute atomic E-state index is 0.0829. The second kappa shape index (κ2) is 8.98. The van der Waals surface area contributed by atoms with E-state index in [0.29, 0.717) is 28.8 Å². The van der Waals surface area contributed by atoms with E-state index >= 15 is 0 Å². The molecule has 0 radical (unpaired) electrons. The molecule has 34 heavy (non-hydrogen) atoms. The van der Waals surface area contributed by atoms with Gasteiger partial charge >= 0.3 is 0 Å². The molecule has 3 aromatic carbocycles. The summed E-state index contributed by atoms with van der Waals surface area (Å²) in [5.74, 6) is 0.382. The molecule has 0 unspecified atom stereocenters. The second-order valence-electron chi connectivity index (χ2n) is 8.73. The summed E-state index contributed by atoms with van der Waals surface area (Å²) >= 11 is 0. The van der Waals surface area contributed by atoms with Gasteiger partial charge in [0, 0.05) is 29.7 Å². The van der Waals surface area contributed by atoms with Crippen LogP contribution in [0.3, 0.4) is 0 Å². The zero-order valence-corrected chi connectivity index (χ0v) is 19.2. The molecule has 6 nitrogen and oxygen atoms in total. The fourth-order valence-electron chi connectivity index (χ4n) is 4.34. The van der Waals surface area contributed by atoms with Crippen molar-refractivity contribution in [1.29, 1.82) is 0 Å². The molecule has 1 amide bonds. The van der Waals surface area contributed by atoms with Gasteiger partial charge in [-0.1, -0.05) is 60.7 Å². The van der Waals surface area contributed by atoms with Crippen molar-refractivity contribution in [2.24, 2.45) is 0 Å². The molecule has 0 atom stereocenters. The van der Waals surface area contributed by atoms with Crippen LogP contribution in [0.1, 0.15) is 35.6 Å². The van der Waals surface area contributed by atoms with Gasteiger partial charge in [0.2, 0.25) is 0 Å². The molecule has 6 heteroatoms. The molecule has 2 heterocycles. The zero-order valence-electron chi connectivity index (χ0n) is 19.2. The third kappa shape index (κ3) is 4.10. The van der Waals surface area contributed by atoms with Crippen LogP contribution in [0.4, 0.5) is 0 Å². The molecule has 2 aromatic heterocycles. The molecule has 170 valence electrons. The minimum Gasteiger partial charge on any atom is -0.342 e. The van der Waals surface area contributed by atoms with Crippen molar-refractivity contribution < 1.29 is 4.79 Å². The number of para-hydroxylation sites is 2. The van der Waals surface area contributed by atoms with Gasteiger partial charge < -0.3 is 14.5 Å². The van der Waals surface area contributed by atoms with Gasteiger partial charge in [-0.05, 0) is 37.6 Å². The highest BCUT2D eigenvalue weighted by atomic mass is 16.2. The molecule has 5 rings (SSSR count). The Balaban J connectivity index is 1.52. The Bertz CT molecular complexity index is 1530. The summed E-state index contributed by atoms with van der Waals surface area (Å²) in [5.41, 5.74) is 3.24. The molecular weight excluding hydrogens is 424 g/mol. The van der Waals surface area contributed by atoms with Gasteiger partial charge in [-0.2, -0.15) is 0 Å². The molecule has 0 bridgehead atoms. The maximum atomic E-state index is 13.8. The Morgan fingerprint density at radius 3 is 2.38 bits per heavy atom. The Kier molecular flexibility index (Phi) is 5.72. The van der Waals surface area contributed by atoms with E-state index in [0.717, 1.165) is 10.9 Å². The van der Waals surface area contributed by atoms with E-state index in [4.69, 9.17) is 0 Å². The SMILES string of the molecule is CC(C)N(Cc1nc2ccccc2c(=O)[nH]1)C(=O)c1cn(Cc2ccccc2)c2ccccc12. The number of carbonyl (C=O) groups is 1. The maximum absolute atomic E-state index is 13.8. The van der Waals surface area contributed by atoms with Crippen LogP contribution in [0, 0.1) is 0 Å². The summed E-state index contributed by atoms with van der Waals surface area (Å²) in [5, 5.41) is 1.45. The summed E-state index contributed by atoms with van der Waals surface area (Å²) in [4.78, 5) is 35.6. The van der Waals surface area contributed by atoms with Crippen LogP contribution in [0.15, 0.2) is 89.9 Å². The normalized spacial score (nSPS) is 11.4. The third-order valence-corrected chi connectivity index (χ3v) is 6.08. The monoisotopic (exact) mass is 450 g/mol. The molecule has 0 spiro atoms. The van der Waals surface area contributed by atoms with E-state index in [9.17, 15) is 9.59 Å². The number of benzene rings is 3. The Labute approximate surface area is 197 Å². The minimum atomic E-state index is -0.198. The van der Waals surface area contributed by atoms with E-state index in [1.165, 1.54) is 5.56 Å². The van der Waals surface area contributed by atoms with Crippen LogP contribution in [0.5, 0.6) is 0 Å². The summed E-state index contributed by atoms with van der Waals surface area (Å²) in [6.45, 7) is 4.84. The zero-order chi connectivity index (χ0) is 23.7. The highest BCUT2D eigenvalue weighted by Gasteiger charge is 2.24. The van der Waals surface area contributed by atoms with Crippen molar-refractivity contribution in [2.45, 2.75) is 33.0 Å². The largest absolute Gasteiger partial charge is 0.342 e. The lowest BCUT2D eigenvalue weighted by Crippen LogP contribution is -2.37. The lowest BCUT2D eigenvalue weighted by molar-refractivity contribution is 0.0687. The van der Waals surface area contributed by atoms with Crippen LogP contribution in [0.25, 0.3) is 21.8 Å². The van der Waals surface area contributed by atoms with E-state index in [2.05, 4.69) is 26.7 Å². The van der Waals surface area contributed by atoms with E-state index in [1.807, 2.05) is 80.7 Å². The molecule has 0 saturated heterocycles. The highest BCUT2D eigenvalue weighted by Crippen LogP contribution is 2.25. The van der Waals surface area contributed by atoms with Gasteiger partial charge in [0.25, 0.3) is 11.5 Å². The van der Waals surface area contributed by atoms with Crippen molar-refractivity contribution in [3.63, 3.8) is 0 Å². The summed E-state index contributed by atoms with van der Waals surface area (Å²) in [7, 11) is 0. The number of nitrogens with one attached hydrogen (secondary N) is 1. The van der Waals surface area contributed by atoms with Gasteiger partial charge in [0.1, 0.15) is 5.82 Å². The molecule has 0 fully saturated rings.